The largest absolute Gasteiger partial charge is 0.507 e. The van der Waals surface area contributed by atoms with Crippen LogP contribution in [-0.4, -0.2) is 28.9 Å². The first-order chi connectivity index (χ1) is 9.04. The number of halogens is 1. The number of carboxylic acid groups (broad SMARTS) is 1. The maximum absolute atomic E-state index is 10.9. The molecule has 0 amide bonds. The highest BCUT2D eigenvalue weighted by atomic mass is 35.5. The van der Waals surface area contributed by atoms with Gasteiger partial charge in [-0.25, -0.2) is 4.79 Å². The van der Waals surface area contributed by atoms with Gasteiger partial charge in [-0.15, -0.1) is 0 Å². The Balaban J connectivity index is 2.96. The van der Waals surface area contributed by atoms with Gasteiger partial charge in [-0.1, -0.05) is 29.8 Å². The van der Waals surface area contributed by atoms with Crippen LogP contribution in [-0.2, 0) is 4.79 Å². The number of allylic oxidation sites excluding steroid dienone is 1. The molecule has 1 rings (SSSR count). The average Bonchev–Trinajstić information content (AvgIpc) is 2.38. The van der Waals surface area contributed by atoms with Crippen molar-refractivity contribution < 1.29 is 15.0 Å². The highest BCUT2D eigenvalue weighted by Crippen LogP contribution is 2.12. The molecule has 0 heterocycles. The summed E-state index contributed by atoms with van der Waals surface area (Å²) in [7, 11) is 0. The van der Waals surface area contributed by atoms with Gasteiger partial charge in [-0.05, 0) is 30.7 Å². The first-order valence-corrected chi connectivity index (χ1v) is 6.02. The molecule has 0 aliphatic rings. The number of rotatable bonds is 5. The summed E-state index contributed by atoms with van der Waals surface area (Å²) >= 11 is 5.75. The van der Waals surface area contributed by atoms with Crippen molar-refractivity contribution in [1.82, 2.24) is 0 Å². The molecule has 0 saturated carbocycles. The van der Waals surface area contributed by atoms with Crippen LogP contribution in [0.3, 0.4) is 0 Å². The molecule has 0 aliphatic heterocycles. The monoisotopic (exact) mass is 279 g/mol. The van der Waals surface area contributed by atoms with Crippen molar-refractivity contribution in [3.63, 3.8) is 0 Å². The fourth-order valence-corrected chi connectivity index (χ4v) is 1.38. The number of hydrogen-bond donors (Lipinski definition) is 2. The normalized spacial score (nSPS) is 12.9. The first kappa shape index (κ1) is 15.0. The van der Waals surface area contributed by atoms with E-state index in [9.17, 15) is 9.90 Å². The van der Waals surface area contributed by atoms with Gasteiger partial charge >= 0.3 is 5.97 Å². The molecule has 0 fully saturated rings. The fourth-order valence-electron chi connectivity index (χ4n) is 1.25. The number of carbonyl (C=O) groups is 1. The third-order valence-electron chi connectivity index (χ3n) is 2.21. The molecular weight excluding hydrogens is 266 g/mol. The molecule has 0 spiro atoms. The minimum Gasteiger partial charge on any atom is -0.507 e. The van der Waals surface area contributed by atoms with E-state index in [0.717, 1.165) is 11.8 Å². The van der Waals surface area contributed by atoms with Crippen molar-refractivity contribution in [2.75, 3.05) is 6.54 Å². The van der Waals surface area contributed by atoms with E-state index in [0.29, 0.717) is 11.6 Å². The molecule has 5 heteroatoms. The summed E-state index contributed by atoms with van der Waals surface area (Å²) in [6, 6.07) is 6.93. The molecule has 0 aromatic heterocycles. The standard InChI is InChI=1S/C14H14ClNO3/c1-2-16-9-12(14(18)19)13(17)8-5-10-3-6-11(15)7-4-10/h3-9,17H,2H2,1H3,(H,18,19)/b8-5+,13-12-,16-9?. The topological polar surface area (TPSA) is 69.9 Å². The van der Waals surface area contributed by atoms with Gasteiger partial charge in [0.25, 0.3) is 0 Å². The van der Waals surface area contributed by atoms with Gasteiger partial charge in [-0.2, -0.15) is 0 Å². The van der Waals surface area contributed by atoms with Crippen molar-refractivity contribution >= 4 is 29.9 Å². The molecular formula is C14H14ClNO3. The van der Waals surface area contributed by atoms with E-state index < -0.39 is 5.97 Å². The lowest BCUT2D eigenvalue weighted by Gasteiger charge is -1.98. The summed E-state index contributed by atoms with van der Waals surface area (Å²) in [6.07, 6.45) is 4.05. The third-order valence-corrected chi connectivity index (χ3v) is 2.46. The Labute approximate surface area is 116 Å². The van der Waals surface area contributed by atoms with E-state index in [1.54, 1.807) is 37.3 Å². The Morgan fingerprint density at radius 1 is 1.32 bits per heavy atom. The van der Waals surface area contributed by atoms with Crippen LogP contribution in [0.5, 0.6) is 0 Å². The van der Waals surface area contributed by atoms with Crippen LogP contribution >= 0.6 is 11.6 Å². The Bertz CT molecular complexity index is 530. The minimum atomic E-state index is -1.23. The minimum absolute atomic E-state index is 0.243. The maximum Gasteiger partial charge on any atom is 0.341 e. The van der Waals surface area contributed by atoms with E-state index >= 15 is 0 Å². The molecule has 19 heavy (non-hydrogen) atoms. The van der Waals surface area contributed by atoms with Crippen molar-refractivity contribution in [3.05, 3.63) is 52.3 Å². The lowest BCUT2D eigenvalue weighted by molar-refractivity contribution is -0.132. The first-order valence-electron chi connectivity index (χ1n) is 5.64. The van der Waals surface area contributed by atoms with Crippen LogP contribution in [0.1, 0.15) is 12.5 Å². The average molecular weight is 280 g/mol. The Kier molecular flexibility index (Phi) is 5.82. The second-order valence-electron chi connectivity index (χ2n) is 3.62. The smallest absolute Gasteiger partial charge is 0.341 e. The predicted molar refractivity (Wildman–Crippen MR) is 76.8 cm³/mol. The lowest BCUT2D eigenvalue weighted by atomic mass is 10.1. The molecule has 0 aliphatic carbocycles. The van der Waals surface area contributed by atoms with Crippen LogP contribution in [0.2, 0.25) is 5.02 Å². The molecule has 0 atom stereocenters. The molecule has 0 unspecified atom stereocenters. The van der Waals surface area contributed by atoms with Crippen molar-refractivity contribution in [2.24, 2.45) is 4.99 Å². The second-order valence-corrected chi connectivity index (χ2v) is 4.05. The predicted octanol–water partition coefficient (Wildman–Crippen LogP) is 3.34. The van der Waals surface area contributed by atoms with E-state index in [1.165, 1.54) is 6.08 Å². The number of benzene rings is 1. The van der Waals surface area contributed by atoms with E-state index in [1.807, 2.05) is 0 Å². The van der Waals surface area contributed by atoms with Gasteiger partial charge in [0.05, 0.1) is 0 Å². The molecule has 4 nitrogen and oxygen atoms in total. The van der Waals surface area contributed by atoms with Crippen molar-refractivity contribution in [1.29, 1.82) is 0 Å². The Morgan fingerprint density at radius 3 is 2.47 bits per heavy atom. The number of hydrogen-bond acceptors (Lipinski definition) is 3. The van der Waals surface area contributed by atoms with E-state index in [2.05, 4.69) is 4.99 Å². The van der Waals surface area contributed by atoms with E-state index in [-0.39, 0.29) is 11.3 Å². The summed E-state index contributed by atoms with van der Waals surface area (Å²) in [6.45, 7) is 2.22. The van der Waals surface area contributed by atoms with Gasteiger partial charge in [0.1, 0.15) is 11.3 Å². The number of aliphatic imine (C=N–C) groups is 1. The molecule has 2 N–H and O–H groups in total. The number of aliphatic hydroxyl groups is 1. The van der Waals surface area contributed by atoms with Crippen LogP contribution in [0.25, 0.3) is 6.08 Å². The second kappa shape index (κ2) is 7.38. The Hall–Kier alpha value is -2.07. The van der Waals surface area contributed by atoms with E-state index in [4.69, 9.17) is 16.7 Å². The summed E-state index contributed by atoms with van der Waals surface area (Å²) in [5, 5.41) is 19.3. The molecule has 1 aromatic carbocycles. The summed E-state index contributed by atoms with van der Waals surface area (Å²) in [5.41, 5.74) is 0.556. The molecule has 0 bridgehead atoms. The maximum atomic E-state index is 10.9. The van der Waals surface area contributed by atoms with Crippen LogP contribution in [0.4, 0.5) is 0 Å². The molecule has 0 saturated heterocycles. The van der Waals surface area contributed by atoms with Crippen molar-refractivity contribution in [2.45, 2.75) is 6.92 Å². The van der Waals surface area contributed by atoms with Gasteiger partial charge < -0.3 is 10.2 Å². The zero-order chi connectivity index (χ0) is 14.3. The van der Waals surface area contributed by atoms with Gasteiger partial charge in [0, 0.05) is 17.8 Å². The Morgan fingerprint density at radius 2 is 1.95 bits per heavy atom. The van der Waals surface area contributed by atoms with Crippen LogP contribution < -0.4 is 0 Å². The van der Waals surface area contributed by atoms with Gasteiger partial charge in [0.2, 0.25) is 0 Å². The number of nitrogens with zero attached hydrogens (tertiary/aromatic N) is 1. The quantitative estimate of drug-likeness (QED) is 0.376. The van der Waals surface area contributed by atoms with Crippen LogP contribution in [0, 0.1) is 0 Å². The molecule has 0 radical (unpaired) electrons. The number of aliphatic carboxylic acids is 1. The lowest BCUT2D eigenvalue weighted by Crippen LogP contribution is -2.05. The SMILES string of the molecule is CCN=C/C(C(=O)O)=C(O)\C=C\c1ccc(Cl)cc1. The summed E-state index contributed by atoms with van der Waals surface area (Å²) < 4.78 is 0. The number of carboxylic acids is 1. The third kappa shape index (κ3) is 4.97. The molecule has 100 valence electrons. The van der Waals surface area contributed by atoms with Crippen LogP contribution in [0.15, 0.2) is 46.7 Å². The molecule has 1 aromatic rings. The fraction of sp³-hybridized carbons (Fsp3) is 0.143. The van der Waals surface area contributed by atoms with Crippen molar-refractivity contribution in [3.8, 4) is 0 Å². The highest BCUT2D eigenvalue weighted by molar-refractivity contribution is 6.30. The number of aliphatic hydroxyl groups excluding tert-OH is 1. The zero-order valence-corrected chi connectivity index (χ0v) is 11.1. The summed E-state index contributed by atoms with van der Waals surface area (Å²) in [4.78, 5) is 14.7. The van der Waals surface area contributed by atoms with Gasteiger partial charge in [-0.3, -0.25) is 4.99 Å². The highest BCUT2D eigenvalue weighted by Gasteiger charge is 2.09. The zero-order valence-electron chi connectivity index (χ0n) is 10.4. The van der Waals surface area contributed by atoms with Gasteiger partial charge in [0.15, 0.2) is 0 Å². The summed E-state index contributed by atoms with van der Waals surface area (Å²) in [5.74, 6) is -1.57.